The van der Waals surface area contributed by atoms with Gasteiger partial charge in [0.05, 0.1) is 18.8 Å². The van der Waals surface area contributed by atoms with Crippen molar-refractivity contribution in [1.82, 2.24) is 9.97 Å². The first kappa shape index (κ1) is 14.8. The van der Waals surface area contributed by atoms with E-state index in [9.17, 15) is 4.79 Å². The molecule has 0 bridgehead atoms. The third kappa shape index (κ3) is 3.92. The lowest BCUT2D eigenvalue weighted by molar-refractivity contribution is 0.102. The highest BCUT2D eigenvalue weighted by atomic mass is 16.5. The monoisotopic (exact) mass is 287 g/mol. The van der Waals surface area contributed by atoms with Gasteiger partial charge in [-0.3, -0.25) is 10.1 Å². The molecule has 1 aromatic heterocycles. The number of aromatic nitrogens is 2. The topological polar surface area (TPSA) is 73.3 Å². The molecular formula is C15H17N3O3. The first-order valence-corrected chi connectivity index (χ1v) is 6.72. The van der Waals surface area contributed by atoms with Crippen LogP contribution < -0.4 is 14.8 Å². The summed E-state index contributed by atoms with van der Waals surface area (Å²) in [6, 6.07) is 6.77. The van der Waals surface area contributed by atoms with Crippen molar-refractivity contribution in [3.63, 3.8) is 0 Å². The minimum atomic E-state index is -0.326. The van der Waals surface area contributed by atoms with Crippen molar-refractivity contribution >= 4 is 11.9 Å². The van der Waals surface area contributed by atoms with Gasteiger partial charge in [-0.25, -0.2) is 9.97 Å². The third-order valence-corrected chi connectivity index (χ3v) is 2.60. The molecule has 2 aromatic rings. The highest BCUT2D eigenvalue weighted by Gasteiger charge is 2.14. The number of hydrogen-bond donors (Lipinski definition) is 1. The summed E-state index contributed by atoms with van der Waals surface area (Å²) in [5.41, 5.74) is 0.410. The summed E-state index contributed by atoms with van der Waals surface area (Å²) < 4.78 is 10.9. The van der Waals surface area contributed by atoms with Crippen molar-refractivity contribution in [1.29, 1.82) is 0 Å². The van der Waals surface area contributed by atoms with Crippen LogP contribution in [-0.2, 0) is 0 Å². The summed E-state index contributed by atoms with van der Waals surface area (Å²) in [6.07, 6.45) is 3.12. The Morgan fingerprint density at radius 1 is 1.14 bits per heavy atom. The molecule has 1 amide bonds. The van der Waals surface area contributed by atoms with Gasteiger partial charge in [-0.05, 0) is 32.0 Å². The first-order valence-electron chi connectivity index (χ1n) is 6.72. The van der Waals surface area contributed by atoms with Gasteiger partial charge in [-0.1, -0.05) is 0 Å². The van der Waals surface area contributed by atoms with Crippen molar-refractivity contribution in [2.24, 2.45) is 0 Å². The lowest BCUT2D eigenvalue weighted by atomic mass is 10.1. The molecule has 1 aromatic carbocycles. The van der Waals surface area contributed by atoms with Gasteiger partial charge in [-0.2, -0.15) is 0 Å². The second kappa shape index (κ2) is 7.23. The molecule has 0 aliphatic heterocycles. The Balaban J connectivity index is 2.22. The summed E-state index contributed by atoms with van der Waals surface area (Å²) in [5.74, 6) is 1.05. The fraction of sp³-hybridized carbons (Fsp3) is 0.267. The van der Waals surface area contributed by atoms with Crippen LogP contribution in [0.1, 0.15) is 24.2 Å². The molecule has 110 valence electrons. The maximum absolute atomic E-state index is 12.3. The van der Waals surface area contributed by atoms with Crippen LogP contribution in [-0.4, -0.2) is 29.1 Å². The standard InChI is InChI=1S/C15H17N3O3/c1-3-20-11-6-7-12(13(10-11)21-4-2)14(19)18-15-16-8-5-9-17-15/h5-10H,3-4H2,1-2H3,(H,16,17,18,19). The number of nitrogens with one attached hydrogen (secondary N) is 1. The quantitative estimate of drug-likeness (QED) is 0.883. The summed E-state index contributed by atoms with van der Waals surface area (Å²) in [4.78, 5) is 20.2. The number of ether oxygens (including phenoxy) is 2. The largest absolute Gasteiger partial charge is 0.494 e. The number of carbonyl (C=O) groups is 1. The van der Waals surface area contributed by atoms with Crippen LogP contribution in [0.25, 0.3) is 0 Å². The molecule has 6 heteroatoms. The van der Waals surface area contributed by atoms with Crippen molar-refractivity contribution in [2.75, 3.05) is 18.5 Å². The van der Waals surface area contributed by atoms with Crippen LogP contribution >= 0.6 is 0 Å². The Morgan fingerprint density at radius 3 is 2.52 bits per heavy atom. The molecule has 0 atom stereocenters. The Hall–Kier alpha value is -2.63. The zero-order valence-corrected chi connectivity index (χ0v) is 12.0. The molecule has 2 rings (SSSR count). The molecule has 6 nitrogen and oxygen atoms in total. The number of hydrogen-bond acceptors (Lipinski definition) is 5. The molecule has 0 saturated carbocycles. The molecule has 0 spiro atoms. The number of carbonyl (C=O) groups excluding carboxylic acids is 1. The van der Waals surface area contributed by atoms with Gasteiger partial charge in [0, 0.05) is 18.5 Å². The maximum atomic E-state index is 12.3. The van der Waals surface area contributed by atoms with Gasteiger partial charge in [0.25, 0.3) is 5.91 Å². The second-order valence-corrected chi connectivity index (χ2v) is 4.05. The lowest BCUT2D eigenvalue weighted by Gasteiger charge is -2.12. The maximum Gasteiger partial charge on any atom is 0.261 e. The van der Waals surface area contributed by atoms with Gasteiger partial charge in [0.15, 0.2) is 0 Å². The zero-order chi connectivity index (χ0) is 15.1. The zero-order valence-electron chi connectivity index (χ0n) is 12.0. The summed E-state index contributed by atoms with van der Waals surface area (Å²) in [6.45, 7) is 4.76. The van der Waals surface area contributed by atoms with Gasteiger partial charge in [0.1, 0.15) is 11.5 Å². The lowest BCUT2D eigenvalue weighted by Crippen LogP contribution is -2.15. The molecule has 0 saturated heterocycles. The van der Waals surface area contributed by atoms with Crippen LogP contribution in [0.2, 0.25) is 0 Å². The van der Waals surface area contributed by atoms with Crippen molar-refractivity contribution in [2.45, 2.75) is 13.8 Å². The van der Waals surface area contributed by atoms with E-state index in [2.05, 4.69) is 15.3 Å². The van der Waals surface area contributed by atoms with Crippen LogP contribution in [0, 0.1) is 0 Å². The van der Waals surface area contributed by atoms with Crippen molar-refractivity contribution < 1.29 is 14.3 Å². The van der Waals surface area contributed by atoms with Gasteiger partial charge < -0.3 is 9.47 Å². The average molecular weight is 287 g/mol. The molecule has 0 aliphatic carbocycles. The molecule has 0 fully saturated rings. The van der Waals surface area contributed by atoms with Crippen LogP contribution in [0.3, 0.4) is 0 Å². The fourth-order valence-electron chi connectivity index (χ4n) is 1.75. The smallest absolute Gasteiger partial charge is 0.261 e. The van der Waals surface area contributed by atoms with E-state index >= 15 is 0 Å². The normalized spacial score (nSPS) is 10.0. The highest BCUT2D eigenvalue weighted by molar-refractivity contribution is 6.05. The molecule has 0 radical (unpaired) electrons. The van der Waals surface area contributed by atoms with Gasteiger partial charge in [-0.15, -0.1) is 0 Å². The van der Waals surface area contributed by atoms with Crippen LogP contribution in [0.4, 0.5) is 5.95 Å². The number of anilines is 1. The molecular weight excluding hydrogens is 270 g/mol. The van der Waals surface area contributed by atoms with E-state index < -0.39 is 0 Å². The number of benzene rings is 1. The van der Waals surface area contributed by atoms with Crippen molar-refractivity contribution in [3.8, 4) is 11.5 Å². The Kier molecular flexibility index (Phi) is 5.09. The van der Waals surface area contributed by atoms with Gasteiger partial charge >= 0.3 is 0 Å². The summed E-state index contributed by atoms with van der Waals surface area (Å²) in [7, 11) is 0. The number of rotatable bonds is 6. The van der Waals surface area contributed by atoms with Crippen molar-refractivity contribution in [3.05, 3.63) is 42.2 Å². The van der Waals surface area contributed by atoms with E-state index in [1.165, 1.54) is 0 Å². The molecule has 1 heterocycles. The number of nitrogens with zero attached hydrogens (tertiary/aromatic N) is 2. The molecule has 0 unspecified atom stereocenters. The number of amides is 1. The summed E-state index contributed by atoms with van der Waals surface area (Å²) >= 11 is 0. The predicted molar refractivity (Wildman–Crippen MR) is 78.8 cm³/mol. The average Bonchev–Trinajstić information content (AvgIpc) is 2.49. The predicted octanol–water partition coefficient (Wildman–Crippen LogP) is 2.53. The van der Waals surface area contributed by atoms with E-state index in [1.54, 1.807) is 36.7 Å². The van der Waals surface area contributed by atoms with Crippen LogP contribution in [0.15, 0.2) is 36.7 Å². The Morgan fingerprint density at radius 2 is 1.86 bits per heavy atom. The van der Waals surface area contributed by atoms with E-state index in [1.807, 2.05) is 13.8 Å². The molecule has 1 N–H and O–H groups in total. The van der Waals surface area contributed by atoms with E-state index in [-0.39, 0.29) is 11.9 Å². The van der Waals surface area contributed by atoms with E-state index in [0.29, 0.717) is 30.3 Å². The second-order valence-electron chi connectivity index (χ2n) is 4.05. The van der Waals surface area contributed by atoms with E-state index in [0.717, 1.165) is 0 Å². The van der Waals surface area contributed by atoms with Crippen LogP contribution in [0.5, 0.6) is 11.5 Å². The van der Waals surface area contributed by atoms with E-state index in [4.69, 9.17) is 9.47 Å². The minimum absolute atomic E-state index is 0.249. The Bertz CT molecular complexity index is 602. The molecule has 21 heavy (non-hydrogen) atoms. The highest BCUT2D eigenvalue weighted by Crippen LogP contribution is 2.25. The Labute approximate surface area is 123 Å². The third-order valence-electron chi connectivity index (χ3n) is 2.60. The molecule has 0 aliphatic rings. The SMILES string of the molecule is CCOc1ccc(C(=O)Nc2ncccn2)c(OCC)c1. The first-order chi connectivity index (χ1) is 10.2. The summed E-state index contributed by atoms with van der Waals surface area (Å²) in [5, 5.41) is 2.63. The fourth-order valence-corrected chi connectivity index (χ4v) is 1.75. The van der Waals surface area contributed by atoms with Gasteiger partial charge in [0.2, 0.25) is 5.95 Å². The minimum Gasteiger partial charge on any atom is -0.494 e.